The third kappa shape index (κ3) is 4.39. The van der Waals surface area contributed by atoms with Gasteiger partial charge in [-0.2, -0.15) is 8.42 Å². The summed E-state index contributed by atoms with van der Waals surface area (Å²) in [4.78, 5) is 0. The van der Waals surface area contributed by atoms with Gasteiger partial charge in [0.2, 0.25) is 0 Å². The highest BCUT2D eigenvalue weighted by molar-refractivity contribution is 7.85. The fraction of sp³-hybridized carbons (Fsp3) is 0.294. The summed E-state index contributed by atoms with van der Waals surface area (Å²) in [5, 5.41) is 21.7. The molecule has 2 aromatic rings. The van der Waals surface area contributed by atoms with Crippen LogP contribution < -0.4 is 0 Å². The van der Waals surface area contributed by atoms with E-state index in [9.17, 15) is 18.6 Å². The van der Waals surface area contributed by atoms with Gasteiger partial charge in [0.15, 0.2) is 0 Å². The Balaban J connectivity index is 2.43. The minimum absolute atomic E-state index is 0.378. The smallest absolute Gasteiger partial charge is 0.264 e. The zero-order chi connectivity index (χ0) is 17.1. The predicted octanol–water partition coefficient (Wildman–Crippen LogP) is 1.89. The van der Waals surface area contributed by atoms with Gasteiger partial charge in [-0.05, 0) is 18.1 Å². The number of aryl methyl sites for hydroxylation is 1. The maximum absolute atomic E-state index is 11.3. The third-order valence-electron chi connectivity index (χ3n) is 3.61. The first-order valence-electron chi connectivity index (χ1n) is 7.09. The Bertz CT molecular complexity index is 740. The number of benzene rings is 2. The first-order chi connectivity index (χ1) is 10.7. The molecule has 2 aromatic carbocycles. The molecule has 2 unspecified atom stereocenters. The molecule has 0 amide bonds. The molecule has 0 aliphatic heterocycles. The summed E-state index contributed by atoms with van der Waals surface area (Å²) in [6, 6.07) is 15.4. The molecular formula is C17H20O5S. The number of hydrogen-bond donors (Lipinski definition) is 2. The first kappa shape index (κ1) is 17.6. The van der Waals surface area contributed by atoms with Gasteiger partial charge in [-0.1, -0.05) is 60.2 Å². The zero-order valence-corrected chi connectivity index (χ0v) is 13.8. The van der Waals surface area contributed by atoms with E-state index in [1.807, 2.05) is 6.92 Å². The Hall–Kier alpha value is -1.73. The summed E-state index contributed by atoms with van der Waals surface area (Å²) in [6.07, 6.45) is -0.439. The van der Waals surface area contributed by atoms with Crippen molar-refractivity contribution in [2.45, 2.75) is 18.6 Å². The molecule has 124 valence electrons. The van der Waals surface area contributed by atoms with Crippen LogP contribution in [0.1, 0.15) is 22.8 Å². The van der Waals surface area contributed by atoms with Crippen molar-refractivity contribution in [2.24, 2.45) is 0 Å². The van der Waals surface area contributed by atoms with Crippen molar-refractivity contribution in [3.63, 3.8) is 0 Å². The molecule has 2 N–H and O–H groups in total. The maximum Gasteiger partial charge on any atom is 0.264 e. The molecular weight excluding hydrogens is 316 g/mol. The van der Waals surface area contributed by atoms with Gasteiger partial charge < -0.3 is 10.2 Å². The van der Waals surface area contributed by atoms with Crippen molar-refractivity contribution >= 4 is 10.1 Å². The quantitative estimate of drug-likeness (QED) is 0.787. The van der Waals surface area contributed by atoms with Crippen molar-refractivity contribution < 1.29 is 22.8 Å². The van der Waals surface area contributed by atoms with Crippen LogP contribution in [-0.4, -0.2) is 31.5 Å². The molecule has 0 spiro atoms. The second-order valence-corrected chi connectivity index (χ2v) is 7.21. The van der Waals surface area contributed by atoms with E-state index in [-0.39, 0.29) is 0 Å². The Kier molecular flexibility index (Phi) is 5.21. The standard InChI is InChI=1S/C17H20O5S/c1-13-8-10-15(11-9-13)17(19,12-22-23(2,20)21)16(18)14-6-4-3-5-7-14/h3-11,16,18-19H,12H2,1-2H3. The van der Waals surface area contributed by atoms with Crippen molar-refractivity contribution in [3.05, 3.63) is 71.3 Å². The van der Waals surface area contributed by atoms with Crippen LogP contribution in [0.5, 0.6) is 0 Å². The number of hydrogen-bond acceptors (Lipinski definition) is 5. The SMILES string of the molecule is Cc1ccc(C(O)(COS(C)(=O)=O)C(O)c2ccccc2)cc1. The van der Waals surface area contributed by atoms with Crippen LogP contribution in [0.25, 0.3) is 0 Å². The van der Waals surface area contributed by atoms with Crippen molar-refractivity contribution in [3.8, 4) is 0 Å². The summed E-state index contributed by atoms with van der Waals surface area (Å²) < 4.78 is 27.4. The van der Waals surface area contributed by atoms with E-state index in [2.05, 4.69) is 0 Å². The van der Waals surface area contributed by atoms with Crippen LogP contribution in [0.3, 0.4) is 0 Å². The average Bonchev–Trinajstić information content (AvgIpc) is 2.53. The summed E-state index contributed by atoms with van der Waals surface area (Å²) >= 11 is 0. The van der Waals surface area contributed by atoms with E-state index in [4.69, 9.17) is 4.18 Å². The zero-order valence-electron chi connectivity index (χ0n) is 13.0. The van der Waals surface area contributed by atoms with E-state index in [1.165, 1.54) is 0 Å². The van der Waals surface area contributed by atoms with Crippen molar-refractivity contribution in [1.29, 1.82) is 0 Å². The van der Waals surface area contributed by atoms with Gasteiger partial charge in [0.05, 0.1) is 6.26 Å². The van der Waals surface area contributed by atoms with E-state index >= 15 is 0 Å². The second-order valence-electron chi connectivity index (χ2n) is 5.57. The Morgan fingerprint density at radius 1 is 1.09 bits per heavy atom. The van der Waals surface area contributed by atoms with Gasteiger partial charge in [-0.3, -0.25) is 4.18 Å². The molecule has 2 rings (SSSR count). The number of aliphatic hydroxyl groups is 2. The topological polar surface area (TPSA) is 83.8 Å². The molecule has 0 radical (unpaired) electrons. The van der Waals surface area contributed by atoms with Gasteiger partial charge in [-0.15, -0.1) is 0 Å². The molecule has 0 saturated carbocycles. The van der Waals surface area contributed by atoms with E-state index in [0.717, 1.165) is 11.8 Å². The molecule has 0 saturated heterocycles. The fourth-order valence-corrected chi connectivity index (χ4v) is 2.66. The van der Waals surface area contributed by atoms with E-state index in [1.54, 1.807) is 54.6 Å². The largest absolute Gasteiger partial charge is 0.385 e. The van der Waals surface area contributed by atoms with Gasteiger partial charge in [0.1, 0.15) is 18.3 Å². The highest BCUT2D eigenvalue weighted by Gasteiger charge is 2.40. The van der Waals surface area contributed by atoms with Crippen LogP contribution in [0.15, 0.2) is 54.6 Å². The second kappa shape index (κ2) is 6.80. The number of aliphatic hydroxyl groups excluding tert-OH is 1. The molecule has 0 bridgehead atoms. The Labute approximate surface area is 136 Å². The normalized spacial score (nSPS) is 15.8. The lowest BCUT2D eigenvalue weighted by molar-refractivity contribution is -0.107. The van der Waals surface area contributed by atoms with Crippen LogP contribution >= 0.6 is 0 Å². The number of rotatable bonds is 6. The fourth-order valence-electron chi connectivity index (χ4n) is 2.27. The highest BCUT2D eigenvalue weighted by Crippen LogP contribution is 2.36. The van der Waals surface area contributed by atoms with Crippen LogP contribution in [-0.2, 0) is 19.9 Å². The molecule has 0 heterocycles. The summed E-state index contributed by atoms with van der Waals surface area (Å²) in [6.45, 7) is 1.31. The van der Waals surface area contributed by atoms with Crippen LogP contribution in [0.4, 0.5) is 0 Å². The summed E-state index contributed by atoms with van der Waals surface area (Å²) in [7, 11) is -3.76. The predicted molar refractivity (Wildman–Crippen MR) is 87.3 cm³/mol. The van der Waals surface area contributed by atoms with Crippen molar-refractivity contribution in [2.75, 3.05) is 12.9 Å². The monoisotopic (exact) mass is 336 g/mol. The molecule has 0 aromatic heterocycles. The van der Waals surface area contributed by atoms with Crippen LogP contribution in [0.2, 0.25) is 0 Å². The molecule has 6 heteroatoms. The van der Waals surface area contributed by atoms with Gasteiger partial charge in [0.25, 0.3) is 10.1 Å². The minimum Gasteiger partial charge on any atom is -0.385 e. The maximum atomic E-state index is 11.3. The molecule has 0 fully saturated rings. The summed E-state index contributed by atoms with van der Waals surface area (Å²) in [5.41, 5.74) is -0.0666. The lowest BCUT2D eigenvalue weighted by Crippen LogP contribution is -2.39. The van der Waals surface area contributed by atoms with Gasteiger partial charge in [-0.25, -0.2) is 0 Å². The highest BCUT2D eigenvalue weighted by atomic mass is 32.2. The van der Waals surface area contributed by atoms with Crippen molar-refractivity contribution in [1.82, 2.24) is 0 Å². The molecule has 5 nitrogen and oxygen atoms in total. The lowest BCUT2D eigenvalue weighted by atomic mass is 9.85. The minimum atomic E-state index is -3.76. The van der Waals surface area contributed by atoms with Gasteiger partial charge >= 0.3 is 0 Å². The Morgan fingerprint density at radius 3 is 2.17 bits per heavy atom. The Morgan fingerprint density at radius 2 is 1.65 bits per heavy atom. The van der Waals surface area contributed by atoms with Gasteiger partial charge in [0, 0.05) is 0 Å². The molecule has 0 aliphatic carbocycles. The average molecular weight is 336 g/mol. The molecule has 0 aliphatic rings. The van der Waals surface area contributed by atoms with Crippen LogP contribution in [0, 0.1) is 6.92 Å². The third-order valence-corrected chi connectivity index (χ3v) is 4.16. The van der Waals surface area contributed by atoms with E-state index in [0.29, 0.717) is 11.1 Å². The van der Waals surface area contributed by atoms with E-state index < -0.39 is 28.4 Å². The summed E-state index contributed by atoms with van der Waals surface area (Å²) in [5.74, 6) is 0. The molecule has 23 heavy (non-hydrogen) atoms. The molecule has 2 atom stereocenters. The lowest BCUT2D eigenvalue weighted by Gasteiger charge is -2.33. The first-order valence-corrected chi connectivity index (χ1v) is 8.91.